The molecule has 2 fully saturated rings. The van der Waals surface area contributed by atoms with E-state index in [-0.39, 0.29) is 24.0 Å². The molecule has 2 saturated heterocycles. The van der Waals surface area contributed by atoms with Crippen LogP contribution in [0.15, 0.2) is 30.6 Å². The minimum Gasteiger partial charge on any atom is -0.381 e. The molecule has 0 saturated carbocycles. The number of nitrogens with zero attached hydrogens (tertiary/aromatic N) is 3. The van der Waals surface area contributed by atoms with Crippen LogP contribution in [0.3, 0.4) is 0 Å². The summed E-state index contributed by atoms with van der Waals surface area (Å²) in [5.74, 6) is -1.50. The van der Waals surface area contributed by atoms with Crippen molar-refractivity contribution in [2.45, 2.75) is 44.8 Å². The van der Waals surface area contributed by atoms with Crippen molar-refractivity contribution in [3.05, 3.63) is 47.3 Å². The normalized spacial score (nSPS) is 21.3. The molecule has 2 N–H and O–H groups in total. The molecule has 172 valence electrons. The Hall–Kier alpha value is -3.53. The summed E-state index contributed by atoms with van der Waals surface area (Å²) in [5.41, 5.74) is 1.99. The van der Waals surface area contributed by atoms with Crippen LogP contribution in [0.5, 0.6) is 0 Å². The van der Waals surface area contributed by atoms with Gasteiger partial charge in [-0.25, -0.2) is 0 Å². The highest BCUT2D eigenvalue weighted by Crippen LogP contribution is 2.32. The third-order valence-corrected chi connectivity index (χ3v) is 6.42. The summed E-state index contributed by atoms with van der Waals surface area (Å²) in [7, 11) is 0. The van der Waals surface area contributed by atoms with Crippen molar-refractivity contribution in [2.75, 3.05) is 18.5 Å². The van der Waals surface area contributed by atoms with Gasteiger partial charge in [-0.1, -0.05) is 6.07 Å². The van der Waals surface area contributed by atoms with Gasteiger partial charge in [0, 0.05) is 50.2 Å². The summed E-state index contributed by atoms with van der Waals surface area (Å²) in [6.07, 6.45) is 6.05. The van der Waals surface area contributed by atoms with Gasteiger partial charge in [0.25, 0.3) is 11.8 Å². The van der Waals surface area contributed by atoms with Gasteiger partial charge in [-0.2, -0.15) is 5.10 Å². The fraction of sp³-hybridized carbons (Fsp3) is 0.435. The molecular weight excluding hydrogens is 426 g/mol. The smallest absolute Gasteiger partial charge is 0.264 e. The maximum atomic E-state index is 13.2. The SMILES string of the molecule is O=C1CCC(N2C(=O)c3cccc(NCc4cnn(CC5CCOCC5)c4)c3C2=O)C(=O)N1. The van der Waals surface area contributed by atoms with Crippen LogP contribution < -0.4 is 10.6 Å². The third-order valence-electron chi connectivity index (χ3n) is 6.42. The van der Waals surface area contributed by atoms with Crippen LogP contribution in [-0.2, 0) is 27.4 Å². The highest BCUT2D eigenvalue weighted by atomic mass is 16.5. The van der Waals surface area contributed by atoms with Crippen molar-refractivity contribution >= 4 is 29.3 Å². The zero-order valence-electron chi connectivity index (χ0n) is 18.1. The first-order valence-corrected chi connectivity index (χ1v) is 11.2. The fourth-order valence-electron chi connectivity index (χ4n) is 4.65. The number of benzene rings is 1. The number of hydrogen-bond donors (Lipinski definition) is 2. The number of amides is 4. The Labute approximate surface area is 190 Å². The van der Waals surface area contributed by atoms with Crippen LogP contribution in [-0.4, -0.2) is 57.6 Å². The van der Waals surface area contributed by atoms with Gasteiger partial charge in [0.15, 0.2) is 0 Å². The number of carbonyl (C=O) groups is 4. The average molecular weight is 451 g/mol. The van der Waals surface area contributed by atoms with E-state index in [1.807, 2.05) is 10.9 Å². The summed E-state index contributed by atoms with van der Waals surface area (Å²) in [6.45, 7) is 2.87. The molecular formula is C23H25N5O5. The molecule has 0 aliphatic carbocycles. The topological polar surface area (TPSA) is 123 Å². The highest BCUT2D eigenvalue weighted by molar-refractivity contribution is 6.25. The molecule has 0 bridgehead atoms. The number of aromatic nitrogens is 2. The third kappa shape index (κ3) is 4.13. The Bertz CT molecular complexity index is 1120. The number of fused-ring (bicyclic) bond motifs is 1. The number of carbonyl (C=O) groups excluding carboxylic acids is 4. The maximum absolute atomic E-state index is 13.2. The number of piperidine rings is 1. The van der Waals surface area contributed by atoms with Gasteiger partial charge in [0.1, 0.15) is 6.04 Å². The largest absolute Gasteiger partial charge is 0.381 e. The lowest BCUT2D eigenvalue weighted by atomic mass is 10.0. The van der Waals surface area contributed by atoms with Gasteiger partial charge < -0.3 is 10.1 Å². The lowest BCUT2D eigenvalue weighted by Crippen LogP contribution is -2.54. The molecule has 10 nitrogen and oxygen atoms in total. The first-order valence-electron chi connectivity index (χ1n) is 11.2. The number of hydrogen-bond acceptors (Lipinski definition) is 7. The van der Waals surface area contributed by atoms with Gasteiger partial charge in [-0.05, 0) is 37.3 Å². The van der Waals surface area contributed by atoms with Crippen molar-refractivity contribution in [3.8, 4) is 0 Å². The summed E-state index contributed by atoms with van der Waals surface area (Å²) < 4.78 is 7.34. The Morgan fingerprint density at radius 2 is 1.91 bits per heavy atom. The molecule has 0 radical (unpaired) electrons. The molecule has 1 aromatic heterocycles. The van der Waals surface area contributed by atoms with E-state index in [2.05, 4.69) is 15.7 Å². The minimum absolute atomic E-state index is 0.0901. The fourth-order valence-corrected chi connectivity index (χ4v) is 4.65. The van der Waals surface area contributed by atoms with E-state index < -0.39 is 29.7 Å². The standard InChI is InChI=1S/C23H25N5O5/c29-19-5-4-18(21(30)26-19)28-22(31)16-2-1-3-17(20(16)23(28)32)24-10-15-11-25-27(13-15)12-14-6-8-33-9-7-14/h1-3,11,13-14,18,24H,4-10,12H2,(H,26,29,30). The Kier molecular flexibility index (Phi) is 5.67. The van der Waals surface area contributed by atoms with Gasteiger partial charge >= 0.3 is 0 Å². The molecule has 2 aromatic rings. The predicted molar refractivity (Wildman–Crippen MR) is 116 cm³/mol. The molecule has 1 unspecified atom stereocenters. The quantitative estimate of drug-likeness (QED) is 0.635. The van der Waals surface area contributed by atoms with Crippen LogP contribution >= 0.6 is 0 Å². The van der Waals surface area contributed by atoms with E-state index in [0.29, 0.717) is 18.2 Å². The van der Waals surface area contributed by atoms with Crippen molar-refractivity contribution in [1.82, 2.24) is 20.0 Å². The number of rotatable bonds is 6. The van der Waals surface area contributed by atoms with E-state index >= 15 is 0 Å². The van der Waals surface area contributed by atoms with Crippen LogP contribution in [0.25, 0.3) is 0 Å². The van der Waals surface area contributed by atoms with Gasteiger partial charge in [-0.15, -0.1) is 0 Å². The second-order valence-corrected chi connectivity index (χ2v) is 8.66. The minimum atomic E-state index is -0.980. The second kappa shape index (κ2) is 8.78. The van der Waals surface area contributed by atoms with Crippen molar-refractivity contribution in [2.24, 2.45) is 5.92 Å². The van der Waals surface area contributed by atoms with E-state index in [9.17, 15) is 19.2 Å². The first kappa shape index (κ1) is 21.3. The van der Waals surface area contributed by atoms with Crippen molar-refractivity contribution < 1.29 is 23.9 Å². The molecule has 0 spiro atoms. The van der Waals surface area contributed by atoms with E-state index in [4.69, 9.17) is 4.74 Å². The molecule has 3 aliphatic rings. The molecule has 4 amide bonds. The zero-order chi connectivity index (χ0) is 22.9. The second-order valence-electron chi connectivity index (χ2n) is 8.66. The lowest BCUT2D eigenvalue weighted by Gasteiger charge is -2.27. The molecule has 33 heavy (non-hydrogen) atoms. The Morgan fingerprint density at radius 1 is 1.09 bits per heavy atom. The predicted octanol–water partition coefficient (Wildman–Crippen LogP) is 1.32. The van der Waals surface area contributed by atoms with Gasteiger partial charge in [-0.3, -0.25) is 34.1 Å². The molecule has 5 rings (SSSR count). The van der Waals surface area contributed by atoms with E-state index in [0.717, 1.165) is 43.1 Å². The Balaban J connectivity index is 1.29. The lowest BCUT2D eigenvalue weighted by molar-refractivity contribution is -0.136. The van der Waals surface area contributed by atoms with Crippen LogP contribution in [0.1, 0.15) is 52.0 Å². The molecule has 1 aromatic carbocycles. The zero-order valence-corrected chi connectivity index (χ0v) is 18.1. The first-order chi connectivity index (χ1) is 16.0. The van der Waals surface area contributed by atoms with E-state index in [1.54, 1.807) is 24.4 Å². The van der Waals surface area contributed by atoms with Crippen LogP contribution in [0, 0.1) is 5.92 Å². The Morgan fingerprint density at radius 3 is 2.70 bits per heavy atom. The number of nitrogens with one attached hydrogen (secondary N) is 2. The molecule has 1 atom stereocenters. The summed E-state index contributed by atoms with van der Waals surface area (Å²) in [5, 5.41) is 9.90. The molecule has 10 heteroatoms. The average Bonchev–Trinajstić information content (AvgIpc) is 3.36. The van der Waals surface area contributed by atoms with E-state index in [1.165, 1.54) is 0 Å². The molecule has 3 aliphatic heterocycles. The monoisotopic (exact) mass is 451 g/mol. The van der Waals surface area contributed by atoms with Crippen molar-refractivity contribution in [1.29, 1.82) is 0 Å². The number of ether oxygens (including phenoxy) is 1. The number of imide groups is 2. The van der Waals surface area contributed by atoms with Crippen LogP contribution in [0.2, 0.25) is 0 Å². The molecule has 4 heterocycles. The summed E-state index contributed by atoms with van der Waals surface area (Å²) >= 11 is 0. The van der Waals surface area contributed by atoms with Crippen molar-refractivity contribution in [3.63, 3.8) is 0 Å². The maximum Gasteiger partial charge on any atom is 0.264 e. The number of anilines is 1. The van der Waals surface area contributed by atoms with Gasteiger partial charge in [0.2, 0.25) is 11.8 Å². The summed E-state index contributed by atoms with van der Waals surface area (Å²) in [4.78, 5) is 50.8. The van der Waals surface area contributed by atoms with Gasteiger partial charge in [0.05, 0.1) is 17.3 Å². The highest BCUT2D eigenvalue weighted by Gasteiger charge is 2.45. The van der Waals surface area contributed by atoms with Crippen LogP contribution in [0.4, 0.5) is 5.69 Å². The summed E-state index contributed by atoms with van der Waals surface area (Å²) in [6, 6.07) is 4.05.